The Balaban J connectivity index is 1.79. The summed E-state index contributed by atoms with van der Waals surface area (Å²) in [6.07, 6.45) is 3.34. The third-order valence-electron chi connectivity index (χ3n) is 4.73. The van der Waals surface area contributed by atoms with Gasteiger partial charge < -0.3 is 20.1 Å². The molecule has 0 atom stereocenters. The largest absolute Gasteiger partial charge is 0.493 e. The van der Waals surface area contributed by atoms with Crippen LogP contribution in [0.15, 0.2) is 23.2 Å². The highest BCUT2D eigenvalue weighted by Crippen LogP contribution is 2.21. The zero-order chi connectivity index (χ0) is 20.0. The molecular weight excluding hydrogens is 352 g/mol. The molecular formula is C22H38N4O2. The molecule has 2 N–H and O–H groups in total. The Kier molecular flexibility index (Phi) is 10.8. The molecule has 1 heterocycles. The Morgan fingerprint density at radius 2 is 2.00 bits per heavy atom. The highest BCUT2D eigenvalue weighted by atomic mass is 16.5. The lowest BCUT2D eigenvalue weighted by molar-refractivity contribution is 0.0372. The number of nitrogens with one attached hydrogen (secondary N) is 2. The topological polar surface area (TPSA) is 58.1 Å². The second-order valence-corrected chi connectivity index (χ2v) is 7.24. The van der Waals surface area contributed by atoms with Crippen LogP contribution in [0.2, 0.25) is 0 Å². The Morgan fingerprint density at radius 1 is 1.18 bits per heavy atom. The van der Waals surface area contributed by atoms with Crippen molar-refractivity contribution in [1.82, 2.24) is 15.5 Å². The third kappa shape index (κ3) is 8.48. The van der Waals surface area contributed by atoms with Gasteiger partial charge in [0.25, 0.3) is 0 Å². The van der Waals surface area contributed by atoms with Crippen LogP contribution in [-0.4, -0.2) is 63.4 Å². The fraction of sp³-hybridized carbons (Fsp3) is 0.682. The first-order valence-electron chi connectivity index (χ1n) is 10.8. The van der Waals surface area contributed by atoms with Crippen LogP contribution in [0, 0.1) is 6.92 Å². The second-order valence-electron chi connectivity index (χ2n) is 7.24. The molecule has 1 aliphatic heterocycles. The van der Waals surface area contributed by atoms with Gasteiger partial charge in [-0.15, -0.1) is 0 Å². The van der Waals surface area contributed by atoms with Crippen molar-refractivity contribution in [3.63, 3.8) is 0 Å². The fourth-order valence-corrected chi connectivity index (χ4v) is 3.14. The Labute approximate surface area is 170 Å². The van der Waals surface area contributed by atoms with E-state index in [2.05, 4.69) is 54.5 Å². The summed E-state index contributed by atoms with van der Waals surface area (Å²) >= 11 is 0. The van der Waals surface area contributed by atoms with Crippen molar-refractivity contribution in [2.24, 2.45) is 4.99 Å². The minimum atomic E-state index is 0.614. The van der Waals surface area contributed by atoms with Crippen molar-refractivity contribution in [1.29, 1.82) is 0 Å². The number of aliphatic imine (C=N–C) groups is 1. The van der Waals surface area contributed by atoms with E-state index in [0.29, 0.717) is 6.54 Å². The number of rotatable bonds is 11. The van der Waals surface area contributed by atoms with Crippen molar-refractivity contribution in [3.8, 4) is 5.75 Å². The summed E-state index contributed by atoms with van der Waals surface area (Å²) in [5, 5.41) is 6.80. The molecule has 1 aliphatic rings. The summed E-state index contributed by atoms with van der Waals surface area (Å²) in [4.78, 5) is 7.24. The SMILES string of the molecule is CCCOc1cc(C)ccc1CN=C(NCC)NCCCCN1CCOCC1. The fourth-order valence-electron chi connectivity index (χ4n) is 3.14. The monoisotopic (exact) mass is 390 g/mol. The summed E-state index contributed by atoms with van der Waals surface area (Å²) < 4.78 is 11.3. The van der Waals surface area contributed by atoms with Crippen molar-refractivity contribution in [3.05, 3.63) is 29.3 Å². The Bertz CT molecular complexity index is 586. The van der Waals surface area contributed by atoms with Gasteiger partial charge in [-0.05, 0) is 51.3 Å². The van der Waals surface area contributed by atoms with Gasteiger partial charge in [0.05, 0.1) is 26.4 Å². The smallest absolute Gasteiger partial charge is 0.191 e. The van der Waals surface area contributed by atoms with E-state index in [1.54, 1.807) is 0 Å². The van der Waals surface area contributed by atoms with Crippen LogP contribution in [0.3, 0.4) is 0 Å². The third-order valence-corrected chi connectivity index (χ3v) is 4.73. The van der Waals surface area contributed by atoms with Crippen LogP contribution in [-0.2, 0) is 11.3 Å². The van der Waals surface area contributed by atoms with Crippen molar-refractivity contribution in [2.45, 2.75) is 46.6 Å². The first kappa shape index (κ1) is 22.5. The quantitative estimate of drug-likeness (QED) is 0.346. The number of aryl methyl sites for hydroxylation is 1. The molecule has 0 amide bonds. The first-order valence-corrected chi connectivity index (χ1v) is 10.8. The maximum Gasteiger partial charge on any atom is 0.191 e. The van der Waals surface area contributed by atoms with Crippen LogP contribution in [0.4, 0.5) is 0 Å². The predicted octanol–water partition coefficient (Wildman–Crippen LogP) is 2.95. The normalized spacial score (nSPS) is 15.5. The maximum atomic E-state index is 5.91. The van der Waals surface area contributed by atoms with E-state index in [0.717, 1.165) is 82.7 Å². The first-order chi connectivity index (χ1) is 13.7. The predicted molar refractivity (Wildman–Crippen MR) is 116 cm³/mol. The van der Waals surface area contributed by atoms with Gasteiger partial charge in [-0.1, -0.05) is 19.1 Å². The minimum absolute atomic E-state index is 0.614. The van der Waals surface area contributed by atoms with E-state index < -0.39 is 0 Å². The van der Waals surface area contributed by atoms with Crippen LogP contribution in [0.5, 0.6) is 5.75 Å². The summed E-state index contributed by atoms with van der Waals surface area (Å²) in [6.45, 7) is 14.5. The van der Waals surface area contributed by atoms with Gasteiger partial charge in [-0.25, -0.2) is 4.99 Å². The van der Waals surface area contributed by atoms with Gasteiger partial charge in [0.1, 0.15) is 5.75 Å². The Hall–Kier alpha value is -1.79. The molecule has 0 aromatic heterocycles. The average molecular weight is 391 g/mol. The average Bonchev–Trinajstić information content (AvgIpc) is 2.71. The van der Waals surface area contributed by atoms with Gasteiger partial charge >= 0.3 is 0 Å². The number of benzene rings is 1. The molecule has 0 radical (unpaired) electrons. The van der Waals surface area contributed by atoms with Gasteiger partial charge in [0.15, 0.2) is 5.96 Å². The number of ether oxygens (including phenoxy) is 2. The molecule has 1 aromatic carbocycles. The molecule has 0 saturated carbocycles. The second kappa shape index (κ2) is 13.4. The van der Waals surface area contributed by atoms with Crippen LogP contribution >= 0.6 is 0 Å². The van der Waals surface area contributed by atoms with Gasteiger partial charge in [0.2, 0.25) is 0 Å². The molecule has 0 aliphatic carbocycles. The van der Waals surface area contributed by atoms with Crippen LogP contribution < -0.4 is 15.4 Å². The van der Waals surface area contributed by atoms with Crippen molar-refractivity contribution < 1.29 is 9.47 Å². The lowest BCUT2D eigenvalue weighted by Crippen LogP contribution is -2.39. The van der Waals surface area contributed by atoms with Crippen LogP contribution in [0.25, 0.3) is 0 Å². The Morgan fingerprint density at radius 3 is 2.75 bits per heavy atom. The molecule has 28 heavy (non-hydrogen) atoms. The van der Waals surface area contributed by atoms with Crippen molar-refractivity contribution in [2.75, 3.05) is 52.5 Å². The number of guanidine groups is 1. The van der Waals surface area contributed by atoms with E-state index in [9.17, 15) is 0 Å². The summed E-state index contributed by atoms with van der Waals surface area (Å²) in [6, 6.07) is 6.35. The number of nitrogens with zero attached hydrogens (tertiary/aromatic N) is 2. The number of hydrogen-bond acceptors (Lipinski definition) is 4. The number of unbranched alkanes of at least 4 members (excludes halogenated alkanes) is 1. The number of morpholine rings is 1. The van der Waals surface area contributed by atoms with E-state index in [1.165, 1.54) is 12.0 Å². The summed E-state index contributed by atoms with van der Waals surface area (Å²) in [7, 11) is 0. The van der Waals surface area contributed by atoms with Crippen molar-refractivity contribution >= 4 is 5.96 Å². The van der Waals surface area contributed by atoms with E-state index in [-0.39, 0.29) is 0 Å². The summed E-state index contributed by atoms with van der Waals surface area (Å²) in [5.74, 6) is 1.82. The molecule has 6 nitrogen and oxygen atoms in total. The van der Waals surface area contributed by atoms with E-state index in [1.807, 2.05) is 0 Å². The van der Waals surface area contributed by atoms with E-state index in [4.69, 9.17) is 14.5 Å². The highest BCUT2D eigenvalue weighted by Gasteiger charge is 2.09. The number of hydrogen-bond donors (Lipinski definition) is 2. The molecule has 0 spiro atoms. The molecule has 1 fully saturated rings. The zero-order valence-corrected chi connectivity index (χ0v) is 17.9. The molecule has 158 valence electrons. The maximum absolute atomic E-state index is 5.91. The molecule has 1 aromatic rings. The zero-order valence-electron chi connectivity index (χ0n) is 17.9. The van der Waals surface area contributed by atoms with Crippen LogP contribution in [0.1, 0.15) is 44.2 Å². The highest BCUT2D eigenvalue weighted by molar-refractivity contribution is 5.79. The molecule has 6 heteroatoms. The van der Waals surface area contributed by atoms with E-state index >= 15 is 0 Å². The lowest BCUT2D eigenvalue weighted by atomic mass is 10.1. The molecule has 0 unspecified atom stereocenters. The molecule has 2 rings (SSSR count). The minimum Gasteiger partial charge on any atom is -0.493 e. The standard InChI is InChI=1S/C22H38N4O2/c1-4-14-28-21-17-19(3)8-9-20(21)18-25-22(23-5-2)24-10-6-7-11-26-12-15-27-16-13-26/h8-9,17H,4-7,10-16,18H2,1-3H3,(H2,23,24,25). The summed E-state index contributed by atoms with van der Waals surface area (Å²) in [5.41, 5.74) is 2.34. The lowest BCUT2D eigenvalue weighted by Gasteiger charge is -2.26. The molecule has 0 bridgehead atoms. The van der Waals surface area contributed by atoms with Gasteiger partial charge in [-0.2, -0.15) is 0 Å². The van der Waals surface area contributed by atoms with Gasteiger partial charge in [-0.3, -0.25) is 4.90 Å². The molecule has 1 saturated heterocycles. The van der Waals surface area contributed by atoms with Gasteiger partial charge in [0, 0.05) is 31.7 Å².